The van der Waals surface area contributed by atoms with Crippen LogP contribution in [0.2, 0.25) is 0 Å². The molecule has 8 heavy (non-hydrogen) atoms. The van der Waals surface area contributed by atoms with Crippen molar-refractivity contribution in [3.05, 3.63) is 12.0 Å². The SMILES string of the molecule is O=CC=C1OCCO1. The molecule has 0 aromatic rings. The zero-order valence-electron chi connectivity index (χ0n) is 4.29. The molecule has 3 nitrogen and oxygen atoms in total. The molecule has 0 N–H and O–H groups in total. The molecule has 0 saturated carbocycles. The Morgan fingerprint density at radius 3 is 2.50 bits per heavy atom. The number of carbonyl (C=O) groups is 1. The van der Waals surface area contributed by atoms with Crippen LogP contribution >= 0.6 is 0 Å². The number of hydrogen-bond donors (Lipinski definition) is 0. The number of rotatable bonds is 1. The molecule has 3 heteroatoms. The summed E-state index contributed by atoms with van der Waals surface area (Å²) in [6.45, 7) is 1.11. The molecule has 1 aliphatic heterocycles. The van der Waals surface area contributed by atoms with Gasteiger partial charge in [-0.15, -0.1) is 0 Å². The van der Waals surface area contributed by atoms with Crippen LogP contribution in [-0.4, -0.2) is 19.5 Å². The Hall–Kier alpha value is -0.990. The Labute approximate surface area is 46.9 Å². The first kappa shape index (κ1) is 5.15. The van der Waals surface area contributed by atoms with E-state index in [9.17, 15) is 4.79 Å². The number of allylic oxidation sites excluding steroid dienone is 1. The lowest BCUT2D eigenvalue weighted by molar-refractivity contribution is -0.104. The third-order valence-electron chi connectivity index (χ3n) is 0.776. The Morgan fingerprint density at radius 1 is 1.38 bits per heavy atom. The molecule has 0 aromatic carbocycles. The van der Waals surface area contributed by atoms with Gasteiger partial charge in [0, 0.05) is 0 Å². The van der Waals surface area contributed by atoms with Gasteiger partial charge in [0.15, 0.2) is 0 Å². The van der Waals surface area contributed by atoms with Crippen molar-refractivity contribution < 1.29 is 14.3 Å². The molecule has 1 fully saturated rings. The summed E-state index contributed by atoms with van der Waals surface area (Å²) in [5.74, 6) is 0.333. The number of hydrogen-bond acceptors (Lipinski definition) is 3. The minimum atomic E-state index is 0.333. The van der Waals surface area contributed by atoms with Crippen LogP contribution in [0.3, 0.4) is 0 Å². The van der Waals surface area contributed by atoms with Gasteiger partial charge in [-0.2, -0.15) is 0 Å². The van der Waals surface area contributed by atoms with Gasteiger partial charge in [0.1, 0.15) is 19.5 Å². The summed E-state index contributed by atoms with van der Waals surface area (Å²) in [5, 5.41) is 0. The first-order valence-corrected chi connectivity index (χ1v) is 2.34. The summed E-state index contributed by atoms with van der Waals surface area (Å²) in [7, 11) is 0. The first-order chi connectivity index (χ1) is 3.93. The molecule has 1 aliphatic rings. The van der Waals surface area contributed by atoms with Crippen LogP contribution in [-0.2, 0) is 14.3 Å². The highest BCUT2D eigenvalue weighted by Crippen LogP contribution is 2.04. The Bertz CT molecular complexity index is 109. The summed E-state index contributed by atoms with van der Waals surface area (Å²) in [6.07, 6.45) is 1.90. The second kappa shape index (κ2) is 2.35. The van der Waals surface area contributed by atoms with Crippen molar-refractivity contribution in [3.8, 4) is 0 Å². The highest BCUT2D eigenvalue weighted by Gasteiger charge is 2.05. The third kappa shape index (κ3) is 0.992. The smallest absolute Gasteiger partial charge is 0.282 e. The van der Waals surface area contributed by atoms with Gasteiger partial charge in [0.05, 0.1) is 6.08 Å². The second-order valence-electron chi connectivity index (χ2n) is 1.32. The molecule has 0 aliphatic carbocycles. The van der Waals surface area contributed by atoms with Crippen molar-refractivity contribution >= 4 is 6.29 Å². The van der Waals surface area contributed by atoms with E-state index >= 15 is 0 Å². The third-order valence-corrected chi connectivity index (χ3v) is 0.776. The van der Waals surface area contributed by atoms with Crippen LogP contribution in [0.4, 0.5) is 0 Å². The van der Waals surface area contributed by atoms with Gasteiger partial charge in [-0.05, 0) is 0 Å². The average Bonchev–Trinajstić information content (AvgIpc) is 2.19. The quantitative estimate of drug-likeness (QED) is 0.357. The van der Waals surface area contributed by atoms with Gasteiger partial charge < -0.3 is 9.47 Å². The number of aldehydes is 1. The van der Waals surface area contributed by atoms with Gasteiger partial charge in [0.2, 0.25) is 0 Å². The van der Waals surface area contributed by atoms with Crippen molar-refractivity contribution in [2.24, 2.45) is 0 Å². The highest BCUT2D eigenvalue weighted by atomic mass is 16.7. The molecule has 44 valence electrons. The van der Waals surface area contributed by atoms with E-state index in [1.165, 1.54) is 6.08 Å². The van der Waals surface area contributed by atoms with Crippen LogP contribution < -0.4 is 0 Å². The largest absolute Gasteiger partial charge is 0.462 e. The Morgan fingerprint density at radius 2 is 2.00 bits per heavy atom. The highest BCUT2D eigenvalue weighted by molar-refractivity contribution is 5.64. The summed E-state index contributed by atoms with van der Waals surface area (Å²) in [6, 6.07) is 0. The van der Waals surface area contributed by atoms with Crippen LogP contribution in [0.1, 0.15) is 0 Å². The Kier molecular flexibility index (Phi) is 1.51. The number of carbonyl (C=O) groups excluding carboxylic acids is 1. The fraction of sp³-hybridized carbons (Fsp3) is 0.400. The van der Waals surface area contributed by atoms with Crippen LogP contribution in [0, 0.1) is 0 Å². The molecule has 0 spiro atoms. The molecule has 1 saturated heterocycles. The van der Waals surface area contributed by atoms with Crippen molar-refractivity contribution in [1.82, 2.24) is 0 Å². The van der Waals surface area contributed by atoms with E-state index < -0.39 is 0 Å². The van der Waals surface area contributed by atoms with Crippen LogP contribution in [0.15, 0.2) is 12.0 Å². The molecular formula is C5H6O3. The number of ether oxygens (including phenoxy) is 2. The summed E-state index contributed by atoms with van der Waals surface area (Å²) >= 11 is 0. The van der Waals surface area contributed by atoms with E-state index in [-0.39, 0.29) is 0 Å². The van der Waals surface area contributed by atoms with E-state index in [1.807, 2.05) is 0 Å². The summed E-state index contributed by atoms with van der Waals surface area (Å²) < 4.78 is 9.60. The van der Waals surface area contributed by atoms with E-state index in [0.717, 1.165) is 0 Å². The van der Waals surface area contributed by atoms with Gasteiger partial charge in [-0.25, -0.2) is 0 Å². The lowest BCUT2D eigenvalue weighted by Gasteiger charge is -1.89. The topological polar surface area (TPSA) is 35.5 Å². The molecule has 0 bridgehead atoms. The maximum absolute atomic E-state index is 9.72. The predicted molar refractivity (Wildman–Crippen MR) is 26.1 cm³/mol. The van der Waals surface area contributed by atoms with Gasteiger partial charge in [-0.3, -0.25) is 4.79 Å². The van der Waals surface area contributed by atoms with Crippen molar-refractivity contribution in [3.63, 3.8) is 0 Å². The fourth-order valence-corrected chi connectivity index (χ4v) is 0.478. The molecule has 0 radical (unpaired) electrons. The Balaban J connectivity index is 2.44. The predicted octanol–water partition coefficient (Wildman–Crippen LogP) is 0.0735. The molecule has 1 heterocycles. The van der Waals surface area contributed by atoms with Crippen molar-refractivity contribution in [1.29, 1.82) is 0 Å². The van der Waals surface area contributed by atoms with Crippen LogP contribution in [0.5, 0.6) is 0 Å². The van der Waals surface area contributed by atoms with Gasteiger partial charge >= 0.3 is 0 Å². The van der Waals surface area contributed by atoms with E-state index in [1.54, 1.807) is 0 Å². The average molecular weight is 114 g/mol. The first-order valence-electron chi connectivity index (χ1n) is 2.34. The maximum Gasteiger partial charge on any atom is 0.282 e. The zero-order valence-corrected chi connectivity index (χ0v) is 4.29. The molecular weight excluding hydrogens is 108 g/mol. The van der Waals surface area contributed by atoms with E-state index in [2.05, 4.69) is 0 Å². The second-order valence-corrected chi connectivity index (χ2v) is 1.32. The van der Waals surface area contributed by atoms with E-state index in [4.69, 9.17) is 9.47 Å². The maximum atomic E-state index is 9.72. The zero-order chi connectivity index (χ0) is 5.82. The lowest BCUT2D eigenvalue weighted by atomic mass is 10.7. The molecule has 0 unspecified atom stereocenters. The normalized spacial score (nSPS) is 16.8. The minimum absolute atomic E-state index is 0.333. The molecule has 0 amide bonds. The van der Waals surface area contributed by atoms with Crippen molar-refractivity contribution in [2.75, 3.05) is 13.2 Å². The van der Waals surface area contributed by atoms with Gasteiger partial charge in [-0.1, -0.05) is 0 Å². The van der Waals surface area contributed by atoms with Gasteiger partial charge in [0.25, 0.3) is 5.95 Å². The monoisotopic (exact) mass is 114 g/mol. The summed E-state index contributed by atoms with van der Waals surface area (Å²) in [5.41, 5.74) is 0. The minimum Gasteiger partial charge on any atom is -0.462 e. The lowest BCUT2D eigenvalue weighted by Crippen LogP contribution is -1.79. The molecule has 0 aromatic heterocycles. The fourth-order valence-electron chi connectivity index (χ4n) is 0.478. The van der Waals surface area contributed by atoms with E-state index in [0.29, 0.717) is 25.4 Å². The molecule has 0 atom stereocenters. The standard InChI is InChI=1S/C5H6O3/c6-2-1-5-7-3-4-8-5/h1-2H,3-4H2. The summed E-state index contributed by atoms with van der Waals surface area (Å²) in [4.78, 5) is 9.72. The molecule has 1 rings (SSSR count). The van der Waals surface area contributed by atoms with Crippen molar-refractivity contribution in [2.45, 2.75) is 0 Å². The van der Waals surface area contributed by atoms with Crippen LogP contribution in [0.25, 0.3) is 0 Å².